The van der Waals surface area contributed by atoms with Crippen LogP contribution in [0.3, 0.4) is 0 Å². The summed E-state index contributed by atoms with van der Waals surface area (Å²) in [5.41, 5.74) is 0.348. The molecule has 0 aromatic heterocycles. The summed E-state index contributed by atoms with van der Waals surface area (Å²) >= 11 is 0. The molecular weight excluding hydrogens is 256 g/mol. The van der Waals surface area contributed by atoms with E-state index in [4.69, 9.17) is 5.11 Å². The first-order valence-electron chi connectivity index (χ1n) is 5.31. The summed E-state index contributed by atoms with van der Waals surface area (Å²) in [6, 6.07) is 5.62. The summed E-state index contributed by atoms with van der Waals surface area (Å²) in [7, 11) is -0.591. The molecule has 0 unspecified atom stereocenters. The highest BCUT2D eigenvalue weighted by atomic mass is 32.2. The number of nitrogens with one attached hydrogen (secondary N) is 1. The van der Waals surface area contributed by atoms with Crippen LogP contribution in [0.2, 0.25) is 0 Å². The molecule has 1 aromatic rings. The van der Waals surface area contributed by atoms with Crippen molar-refractivity contribution in [2.45, 2.75) is 4.90 Å². The fourth-order valence-electron chi connectivity index (χ4n) is 1.26. The summed E-state index contributed by atoms with van der Waals surface area (Å²) in [6.07, 6.45) is 0. The summed E-state index contributed by atoms with van der Waals surface area (Å²) in [5.74, 6) is -0.349. The number of carbonyl (C=O) groups excluding carboxylic acids is 1. The molecule has 0 bridgehead atoms. The van der Waals surface area contributed by atoms with Gasteiger partial charge in [-0.2, -0.15) is 0 Å². The van der Waals surface area contributed by atoms with Crippen molar-refractivity contribution >= 4 is 15.9 Å². The van der Waals surface area contributed by atoms with Gasteiger partial charge in [-0.1, -0.05) is 0 Å². The highest BCUT2D eigenvalue weighted by molar-refractivity contribution is 7.89. The van der Waals surface area contributed by atoms with E-state index in [9.17, 15) is 13.2 Å². The molecule has 100 valence electrons. The van der Waals surface area contributed by atoms with Gasteiger partial charge < -0.3 is 10.4 Å². The lowest BCUT2D eigenvalue weighted by molar-refractivity contribution is 0.0944. The molecule has 2 N–H and O–H groups in total. The molecule has 0 spiro atoms. The molecule has 6 nitrogen and oxygen atoms in total. The van der Waals surface area contributed by atoms with Crippen molar-refractivity contribution in [2.75, 3.05) is 27.2 Å². The van der Waals surface area contributed by atoms with Crippen LogP contribution < -0.4 is 5.32 Å². The van der Waals surface area contributed by atoms with E-state index in [2.05, 4.69) is 5.32 Å². The average molecular weight is 272 g/mol. The third-order valence-corrected chi connectivity index (χ3v) is 4.12. The summed E-state index contributed by atoms with van der Waals surface area (Å²) in [4.78, 5) is 11.6. The van der Waals surface area contributed by atoms with Crippen molar-refractivity contribution in [1.82, 2.24) is 9.62 Å². The quantitative estimate of drug-likeness (QED) is 0.767. The molecule has 0 aliphatic heterocycles. The zero-order chi connectivity index (χ0) is 13.8. The molecule has 0 saturated carbocycles. The van der Waals surface area contributed by atoms with E-state index in [1.54, 1.807) is 0 Å². The van der Waals surface area contributed by atoms with Crippen molar-refractivity contribution < 1.29 is 18.3 Å². The number of amides is 1. The molecule has 0 saturated heterocycles. The normalized spacial score (nSPS) is 11.6. The number of carbonyl (C=O) groups is 1. The van der Waals surface area contributed by atoms with Crippen LogP contribution in [0.15, 0.2) is 29.2 Å². The number of hydrogen-bond acceptors (Lipinski definition) is 4. The number of nitrogens with zero attached hydrogens (tertiary/aromatic N) is 1. The Hall–Kier alpha value is -1.44. The van der Waals surface area contributed by atoms with Gasteiger partial charge in [0.25, 0.3) is 5.91 Å². The molecule has 1 aromatic carbocycles. The lowest BCUT2D eigenvalue weighted by Gasteiger charge is -2.11. The predicted octanol–water partition coefficient (Wildman–Crippen LogP) is -0.341. The van der Waals surface area contributed by atoms with Crippen LogP contribution in [0, 0.1) is 0 Å². The minimum Gasteiger partial charge on any atom is -0.395 e. The van der Waals surface area contributed by atoms with E-state index in [1.807, 2.05) is 0 Å². The maximum atomic E-state index is 11.8. The molecule has 1 rings (SSSR count). The Morgan fingerprint density at radius 1 is 1.28 bits per heavy atom. The average Bonchev–Trinajstić information content (AvgIpc) is 2.35. The Kier molecular flexibility index (Phi) is 4.83. The molecule has 7 heteroatoms. The Labute approximate surface area is 106 Å². The van der Waals surface area contributed by atoms with Crippen LogP contribution in [0.4, 0.5) is 0 Å². The summed E-state index contributed by atoms with van der Waals surface area (Å²) in [5, 5.41) is 11.1. The number of sulfonamides is 1. The summed E-state index contributed by atoms with van der Waals surface area (Å²) in [6.45, 7) is 0.0232. The SMILES string of the molecule is CN(C)S(=O)(=O)c1ccc(C(=O)NCCO)cc1. The first-order chi connectivity index (χ1) is 8.39. The van der Waals surface area contributed by atoms with Crippen molar-refractivity contribution in [3.05, 3.63) is 29.8 Å². The van der Waals surface area contributed by atoms with Crippen molar-refractivity contribution in [1.29, 1.82) is 0 Å². The maximum Gasteiger partial charge on any atom is 0.251 e. The minimum absolute atomic E-state index is 0.131. The number of benzene rings is 1. The van der Waals surface area contributed by atoms with Crippen molar-refractivity contribution in [3.8, 4) is 0 Å². The molecular formula is C11H16N2O4S. The van der Waals surface area contributed by atoms with E-state index in [1.165, 1.54) is 38.4 Å². The molecule has 1 amide bonds. The lowest BCUT2D eigenvalue weighted by Crippen LogP contribution is -2.26. The zero-order valence-corrected chi connectivity index (χ0v) is 11.1. The minimum atomic E-state index is -3.47. The first kappa shape index (κ1) is 14.6. The van der Waals surface area contributed by atoms with Gasteiger partial charge in [0, 0.05) is 26.2 Å². The van der Waals surface area contributed by atoms with E-state index < -0.39 is 10.0 Å². The number of rotatable bonds is 5. The fourth-order valence-corrected chi connectivity index (χ4v) is 2.16. The van der Waals surface area contributed by atoms with E-state index in [-0.39, 0.29) is 24.0 Å². The number of aliphatic hydroxyl groups is 1. The number of hydrogen-bond donors (Lipinski definition) is 2. The van der Waals surface area contributed by atoms with E-state index >= 15 is 0 Å². The Bertz CT molecular complexity index is 508. The Morgan fingerprint density at radius 2 is 1.83 bits per heavy atom. The molecule has 18 heavy (non-hydrogen) atoms. The largest absolute Gasteiger partial charge is 0.395 e. The molecule has 0 radical (unpaired) electrons. The van der Waals surface area contributed by atoms with Crippen LogP contribution in [-0.4, -0.2) is 51.0 Å². The topological polar surface area (TPSA) is 86.7 Å². The zero-order valence-electron chi connectivity index (χ0n) is 10.3. The van der Waals surface area contributed by atoms with Gasteiger partial charge in [-0.15, -0.1) is 0 Å². The van der Waals surface area contributed by atoms with Gasteiger partial charge >= 0.3 is 0 Å². The van der Waals surface area contributed by atoms with Gasteiger partial charge in [-0.05, 0) is 24.3 Å². The second-order valence-electron chi connectivity index (χ2n) is 3.79. The molecule has 0 aliphatic rings. The summed E-state index contributed by atoms with van der Waals surface area (Å²) < 4.78 is 24.7. The molecule has 0 fully saturated rings. The van der Waals surface area contributed by atoms with Gasteiger partial charge in [0.1, 0.15) is 0 Å². The van der Waals surface area contributed by atoms with Gasteiger partial charge in [0.05, 0.1) is 11.5 Å². The van der Waals surface area contributed by atoms with Gasteiger partial charge in [-0.25, -0.2) is 12.7 Å². The van der Waals surface area contributed by atoms with Crippen LogP contribution in [0.25, 0.3) is 0 Å². The molecule has 0 atom stereocenters. The van der Waals surface area contributed by atoms with E-state index in [0.29, 0.717) is 5.56 Å². The third kappa shape index (κ3) is 3.28. The maximum absolute atomic E-state index is 11.8. The van der Waals surface area contributed by atoms with Crippen LogP contribution in [0.1, 0.15) is 10.4 Å². The van der Waals surface area contributed by atoms with Gasteiger partial charge in [0.15, 0.2) is 0 Å². The number of aliphatic hydroxyl groups excluding tert-OH is 1. The second-order valence-corrected chi connectivity index (χ2v) is 5.94. The highest BCUT2D eigenvalue weighted by Gasteiger charge is 2.17. The predicted molar refractivity (Wildman–Crippen MR) is 66.7 cm³/mol. The van der Waals surface area contributed by atoms with Crippen molar-refractivity contribution in [3.63, 3.8) is 0 Å². The van der Waals surface area contributed by atoms with Crippen molar-refractivity contribution in [2.24, 2.45) is 0 Å². The smallest absolute Gasteiger partial charge is 0.251 e. The Balaban J connectivity index is 2.90. The molecule has 0 aliphatic carbocycles. The Morgan fingerprint density at radius 3 is 2.28 bits per heavy atom. The second kappa shape index (κ2) is 5.94. The van der Waals surface area contributed by atoms with Crippen LogP contribution in [-0.2, 0) is 10.0 Å². The standard InChI is InChI=1S/C11H16N2O4S/c1-13(2)18(16,17)10-5-3-9(4-6-10)11(15)12-7-8-14/h3-6,14H,7-8H2,1-2H3,(H,12,15). The lowest BCUT2D eigenvalue weighted by atomic mass is 10.2. The van der Waals surface area contributed by atoms with Gasteiger partial charge in [0.2, 0.25) is 10.0 Å². The monoisotopic (exact) mass is 272 g/mol. The first-order valence-corrected chi connectivity index (χ1v) is 6.75. The highest BCUT2D eigenvalue weighted by Crippen LogP contribution is 2.13. The molecule has 0 heterocycles. The van der Waals surface area contributed by atoms with Crippen LogP contribution in [0.5, 0.6) is 0 Å². The third-order valence-electron chi connectivity index (χ3n) is 2.29. The van der Waals surface area contributed by atoms with Crippen LogP contribution >= 0.6 is 0 Å². The van der Waals surface area contributed by atoms with Gasteiger partial charge in [-0.3, -0.25) is 4.79 Å². The van der Waals surface area contributed by atoms with E-state index in [0.717, 1.165) is 4.31 Å². The fraction of sp³-hybridized carbons (Fsp3) is 0.364.